The Balaban J connectivity index is 2.11. The van der Waals surface area contributed by atoms with Crippen molar-refractivity contribution in [3.05, 3.63) is 29.5 Å². The molecule has 0 aliphatic carbocycles. The van der Waals surface area contributed by atoms with Crippen LogP contribution in [-0.4, -0.2) is 24.8 Å². The average molecular weight is 301 g/mol. The second-order valence-corrected chi connectivity index (χ2v) is 6.29. The molecule has 0 bridgehead atoms. The summed E-state index contributed by atoms with van der Waals surface area (Å²) in [5, 5.41) is 1.28. The van der Waals surface area contributed by atoms with E-state index in [2.05, 4.69) is 36.6 Å². The molecule has 22 heavy (non-hydrogen) atoms. The summed E-state index contributed by atoms with van der Waals surface area (Å²) in [6.45, 7) is 5.34. The van der Waals surface area contributed by atoms with E-state index in [9.17, 15) is 4.79 Å². The SMILES string of the molecule is COC(=O)CC1CCn2c1cc1c(C(C)C)cc(OC)cc12. The van der Waals surface area contributed by atoms with E-state index >= 15 is 0 Å². The summed E-state index contributed by atoms with van der Waals surface area (Å²) >= 11 is 0. The molecule has 118 valence electrons. The van der Waals surface area contributed by atoms with Crippen molar-refractivity contribution in [2.45, 2.75) is 45.1 Å². The average Bonchev–Trinajstić information content (AvgIpc) is 3.06. The van der Waals surface area contributed by atoms with E-state index in [1.54, 1.807) is 7.11 Å². The number of aromatic nitrogens is 1. The van der Waals surface area contributed by atoms with Gasteiger partial charge in [0.15, 0.2) is 0 Å². The molecule has 3 rings (SSSR count). The van der Waals surface area contributed by atoms with E-state index in [4.69, 9.17) is 9.47 Å². The molecule has 4 nitrogen and oxygen atoms in total. The highest BCUT2D eigenvalue weighted by molar-refractivity contribution is 5.87. The maximum atomic E-state index is 11.6. The molecule has 1 atom stereocenters. The Morgan fingerprint density at radius 1 is 1.32 bits per heavy atom. The van der Waals surface area contributed by atoms with Crippen LogP contribution in [0.25, 0.3) is 10.9 Å². The number of carbonyl (C=O) groups is 1. The van der Waals surface area contributed by atoms with Crippen molar-refractivity contribution in [2.75, 3.05) is 14.2 Å². The summed E-state index contributed by atoms with van der Waals surface area (Å²) in [4.78, 5) is 11.6. The molecular formula is C18H23NO3. The van der Waals surface area contributed by atoms with E-state index in [1.807, 2.05) is 0 Å². The summed E-state index contributed by atoms with van der Waals surface area (Å²) < 4.78 is 12.6. The summed E-state index contributed by atoms with van der Waals surface area (Å²) in [5.41, 5.74) is 3.76. The van der Waals surface area contributed by atoms with Crippen LogP contribution in [-0.2, 0) is 16.1 Å². The highest BCUT2D eigenvalue weighted by Gasteiger charge is 2.28. The van der Waals surface area contributed by atoms with Gasteiger partial charge in [-0.05, 0) is 30.0 Å². The molecule has 2 aromatic rings. The molecule has 1 aliphatic rings. The van der Waals surface area contributed by atoms with Gasteiger partial charge in [-0.1, -0.05) is 13.8 Å². The van der Waals surface area contributed by atoms with Crippen molar-refractivity contribution in [1.82, 2.24) is 4.57 Å². The first-order chi connectivity index (χ1) is 10.5. The van der Waals surface area contributed by atoms with Crippen LogP contribution in [0.5, 0.6) is 5.75 Å². The maximum absolute atomic E-state index is 11.6. The Kier molecular flexibility index (Phi) is 3.85. The lowest BCUT2D eigenvalue weighted by Gasteiger charge is -2.11. The lowest BCUT2D eigenvalue weighted by molar-refractivity contribution is -0.141. The molecule has 1 aromatic heterocycles. The number of ether oxygens (including phenoxy) is 2. The van der Waals surface area contributed by atoms with Gasteiger partial charge in [0, 0.05) is 29.6 Å². The molecule has 1 aromatic carbocycles. The van der Waals surface area contributed by atoms with Gasteiger partial charge in [0.25, 0.3) is 0 Å². The van der Waals surface area contributed by atoms with Gasteiger partial charge in [-0.15, -0.1) is 0 Å². The number of rotatable bonds is 4. The number of methoxy groups -OCH3 is 2. The number of nitrogens with zero attached hydrogens (tertiary/aromatic N) is 1. The van der Waals surface area contributed by atoms with Gasteiger partial charge < -0.3 is 14.0 Å². The molecule has 1 unspecified atom stereocenters. The number of benzene rings is 1. The zero-order valence-corrected chi connectivity index (χ0v) is 13.7. The summed E-state index contributed by atoms with van der Waals surface area (Å²) in [7, 11) is 3.16. The van der Waals surface area contributed by atoms with E-state index in [0.717, 1.165) is 18.7 Å². The molecule has 1 aliphatic heterocycles. The normalized spacial score (nSPS) is 17.0. The highest BCUT2D eigenvalue weighted by atomic mass is 16.5. The predicted molar refractivity (Wildman–Crippen MR) is 86.6 cm³/mol. The van der Waals surface area contributed by atoms with Crippen LogP contribution < -0.4 is 4.74 Å². The summed E-state index contributed by atoms with van der Waals surface area (Å²) in [5.74, 6) is 1.45. The molecule has 0 radical (unpaired) electrons. The third-order valence-corrected chi connectivity index (χ3v) is 4.68. The van der Waals surface area contributed by atoms with E-state index in [-0.39, 0.29) is 11.9 Å². The van der Waals surface area contributed by atoms with Gasteiger partial charge >= 0.3 is 5.97 Å². The minimum atomic E-state index is -0.134. The van der Waals surface area contributed by atoms with Gasteiger partial charge in [-0.25, -0.2) is 0 Å². The van der Waals surface area contributed by atoms with Gasteiger partial charge in [-0.3, -0.25) is 4.79 Å². The van der Waals surface area contributed by atoms with Crippen LogP contribution in [0.4, 0.5) is 0 Å². The Morgan fingerprint density at radius 2 is 2.09 bits per heavy atom. The third kappa shape index (κ3) is 2.36. The van der Waals surface area contributed by atoms with Crippen molar-refractivity contribution >= 4 is 16.9 Å². The molecule has 0 saturated carbocycles. The lowest BCUT2D eigenvalue weighted by Crippen LogP contribution is -2.06. The molecule has 0 amide bonds. The standard InChI is InChI=1S/C18H23NO3/c1-11(2)14-8-13(21-3)9-17-15(14)10-16-12(5-6-19(16)17)7-18(20)22-4/h8-12H,5-7H2,1-4H3. The van der Waals surface area contributed by atoms with E-state index in [1.165, 1.54) is 29.3 Å². The largest absolute Gasteiger partial charge is 0.497 e. The van der Waals surface area contributed by atoms with E-state index < -0.39 is 0 Å². The minimum absolute atomic E-state index is 0.134. The van der Waals surface area contributed by atoms with Gasteiger partial charge in [0.2, 0.25) is 0 Å². The van der Waals surface area contributed by atoms with Crippen molar-refractivity contribution in [3.8, 4) is 5.75 Å². The summed E-state index contributed by atoms with van der Waals surface area (Å²) in [6.07, 6.45) is 1.45. The topological polar surface area (TPSA) is 40.5 Å². The number of hydrogen-bond donors (Lipinski definition) is 0. The van der Waals surface area contributed by atoms with Crippen LogP contribution >= 0.6 is 0 Å². The first-order valence-electron chi connectivity index (χ1n) is 7.83. The number of aryl methyl sites for hydroxylation is 1. The van der Waals surface area contributed by atoms with E-state index in [0.29, 0.717) is 12.3 Å². The fourth-order valence-electron chi connectivity index (χ4n) is 3.49. The molecule has 0 saturated heterocycles. The Morgan fingerprint density at radius 3 is 2.73 bits per heavy atom. The molecule has 4 heteroatoms. The molecular weight excluding hydrogens is 278 g/mol. The first kappa shape index (κ1) is 14.9. The lowest BCUT2D eigenvalue weighted by atomic mass is 9.96. The second-order valence-electron chi connectivity index (χ2n) is 6.29. The van der Waals surface area contributed by atoms with Crippen LogP contribution in [0.2, 0.25) is 0 Å². The highest BCUT2D eigenvalue weighted by Crippen LogP contribution is 2.40. The van der Waals surface area contributed by atoms with Crippen molar-refractivity contribution < 1.29 is 14.3 Å². The Bertz CT molecular complexity index is 715. The number of fused-ring (bicyclic) bond motifs is 3. The predicted octanol–water partition coefficient (Wildman–Crippen LogP) is 3.82. The van der Waals surface area contributed by atoms with Gasteiger partial charge in [0.05, 0.1) is 26.2 Å². The number of esters is 1. The Labute approximate surface area is 131 Å². The summed E-state index contributed by atoms with van der Waals surface area (Å²) in [6, 6.07) is 6.48. The maximum Gasteiger partial charge on any atom is 0.306 e. The van der Waals surface area contributed by atoms with Crippen molar-refractivity contribution in [2.24, 2.45) is 0 Å². The monoisotopic (exact) mass is 301 g/mol. The van der Waals surface area contributed by atoms with Crippen LogP contribution in [0, 0.1) is 0 Å². The molecule has 2 heterocycles. The smallest absolute Gasteiger partial charge is 0.306 e. The molecule has 0 spiro atoms. The fraction of sp³-hybridized carbons (Fsp3) is 0.500. The van der Waals surface area contributed by atoms with Crippen LogP contribution in [0.15, 0.2) is 18.2 Å². The fourth-order valence-corrected chi connectivity index (χ4v) is 3.49. The van der Waals surface area contributed by atoms with Crippen LogP contribution in [0.1, 0.15) is 49.8 Å². The number of carbonyl (C=O) groups excluding carboxylic acids is 1. The van der Waals surface area contributed by atoms with Crippen molar-refractivity contribution in [3.63, 3.8) is 0 Å². The second kappa shape index (κ2) is 5.67. The molecule has 0 N–H and O–H groups in total. The van der Waals surface area contributed by atoms with Gasteiger partial charge in [0.1, 0.15) is 5.75 Å². The zero-order valence-electron chi connectivity index (χ0n) is 13.7. The quantitative estimate of drug-likeness (QED) is 0.806. The zero-order chi connectivity index (χ0) is 15.9. The van der Waals surface area contributed by atoms with Crippen molar-refractivity contribution in [1.29, 1.82) is 0 Å². The van der Waals surface area contributed by atoms with Crippen LogP contribution in [0.3, 0.4) is 0 Å². The number of hydrogen-bond acceptors (Lipinski definition) is 3. The first-order valence-corrected chi connectivity index (χ1v) is 7.83. The van der Waals surface area contributed by atoms with Gasteiger partial charge in [-0.2, -0.15) is 0 Å². The Hall–Kier alpha value is -1.97. The third-order valence-electron chi connectivity index (χ3n) is 4.68. The minimum Gasteiger partial charge on any atom is -0.497 e. The molecule has 0 fully saturated rings.